The topological polar surface area (TPSA) is 68.0 Å². The van der Waals surface area contributed by atoms with E-state index in [4.69, 9.17) is 16.7 Å². The van der Waals surface area contributed by atoms with Gasteiger partial charge in [-0.2, -0.15) is 0 Å². The lowest BCUT2D eigenvalue weighted by atomic mass is 10.2. The minimum absolute atomic E-state index is 0.0300. The zero-order valence-electron chi connectivity index (χ0n) is 9.31. The van der Waals surface area contributed by atoms with Crippen LogP contribution in [0.4, 0.5) is 0 Å². The Kier molecular flexibility index (Phi) is 2.85. The average Bonchev–Trinajstić information content (AvgIpc) is 2.60. The summed E-state index contributed by atoms with van der Waals surface area (Å²) in [4.78, 5) is 19.2. The third-order valence-electron chi connectivity index (χ3n) is 2.58. The Balaban J connectivity index is 2.65. The van der Waals surface area contributed by atoms with Gasteiger partial charge in [0.05, 0.1) is 16.3 Å². The van der Waals surface area contributed by atoms with Crippen LogP contribution in [0.25, 0.3) is 5.82 Å². The minimum atomic E-state index is -1.08. The smallest absolute Gasteiger partial charge is 0.337 e. The van der Waals surface area contributed by atoms with Gasteiger partial charge in [-0.25, -0.2) is 14.8 Å². The van der Waals surface area contributed by atoms with E-state index >= 15 is 0 Å². The molecular weight excluding hydrogens is 242 g/mol. The SMILES string of the molecule is Cc1ncn(-c2nccc(C(=O)O)c2Cl)c1C. The van der Waals surface area contributed by atoms with Crippen LogP contribution in [0.15, 0.2) is 18.6 Å². The predicted octanol–water partition coefficient (Wildman–Crippen LogP) is 2.24. The monoisotopic (exact) mass is 251 g/mol. The highest BCUT2D eigenvalue weighted by Crippen LogP contribution is 2.24. The molecule has 0 fully saturated rings. The summed E-state index contributed by atoms with van der Waals surface area (Å²) >= 11 is 6.03. The molecule has 0 amide bonds. The van der Waals surface area contributed by atoms with Crippen molar-refractivity contribution in [1.82, 2.24) is 14.5 Å². The second-order valence-electron chi connectivity index (χ2n) is 3.59. The molecule has 2 aromatic heterocycles. The molecule has 2 aromatic rings. The number of aromatic carboxylic acids is 1. The third kappa shape index (κ3) is 1.89. The molecule has 2 heterocycles. The van der Waals surface area contributed by atoms with Crippen LogP contribution in [-0.2, 0) is 0 Å². The van der Waals surface area contributed by atoms with Crippen molar-refractivity contribution in [3.63, 3.8) is 0 Å². The van der Waals surface area contributed by atoms with Crippen molar-refractivity contribution < 1.29 is 9.90 Å². The first-order valence-corrected chi connectivity index (χ1v) is 5.29. The van der Waals surface area contributed by atoms with Gasteiger partial charge < -0.3 is 5.11 Å². The van der Waals surface area contributed by atoms with Crippen molar-refractivity contribution in [1.29, 1.82) is 0 Å². The van der Waals surface area contributed by atoms with Crippen molar-refractivity contribution in [2.75, 3.05) is 0 Å². The normalized spacial score (nSPS) is 10.5. The summed E-state index contributed by atoms with van der Waals surface area (Å²) < 4.78 is 1.67. The van der Waals surface area contributed by atoms with Gasteiger partial charge in [-0.1, -0.05) is 11.6 Å². The highest BCUT2D eigenvalue weighted by Gasteiger charge is 2.16. The number of aromatic nitrogens is 3. The van der Waals surface area contributed by atoms with Gasteiger partial charge in [0.15, 0.2) is 5.82 Å². The second kappa shape index (κ2) is 4.18. The van der Waals surface area contributed by atoms with Crippen LogP contribution >= 0.6 is 11.6 Å². The van der Waals surface area contributed by atoms with Crippen LogP contribution in [0.3, 0.4) is 0 Å². The molecule has 0 aromatic carbocycles. The van der Waals surface area contributed by atoms with Gasteiger partial charge in [0.1, 0.15) is 6.33 Å². The Morgan fingerprint density at radius 2 is 2.12 bits per heavy atom. The van der Waals surface area contributed by atoms with E-state index in [0.717, 1.165) is 11.4 Å². The number of pyridine rings is 1. The van der Waals surface area contributed by atoms with Gasteiger partial charge >= 0.3 is 5.97 Å². The Bertz CT molecular complexity index is 592. The van der Waals surface area contributed by atoms with E-state index in [1.54, 1.807) is 10.9 Å². The fourth-order valence-electron chi connectivity index (χ4n) is 1.48. The zero-order valence-corrected chi connectivity index (χ0v) is 10.1. The summed E-state index contributed by atoms with van der Waals surface area (Å²) in [5.74, 6) is -0.696. The first kappa shape index (κ1) is 11.6. The molecule has 0 bridgehead atoms. The molecule has 0 aliphatic carbocycles. The number of imidazole rings is 1. The number of hydrogen-bond acceptors (Lipinski definition) is 3. The van der Waals surface area contributed by atoms with Gasteiger partial charge in [-0.15, -0.1) is 0 Å². The Morgan fingerprint density at radius 1 is 1.41 bits per heavy atom. The fraction of sp³-hybridized carbons (Fsp3) is 0.182. The number of carboxylic acid groups (broad SMARTS) is 1. The number of carboxylic acids is 1. The van der Waals surface area contributed by atoms with Crippen LogP contribution in [-0.4, -0.2) is 25.6 Å². The van der Waals surface area contributed by atoms with Crippen molar-refractivity contribution in [3.8, 4) is 5.82 Å². The first-order valence-electron chi connectivity index (χ1n) is 4.91. The Hall–Kier alpha value is -1.88. The van der Waals surface area contributed by atoms with Gasteiger partial charge in [-0.05, 0) is 19.9 Å². The number of halogens is 1. The summed E-state index contributed by atoms with van der Waals surface area (Å²) in [7, 11) is 0. The molecule has 1 N–H and O–H groups in total. The third-order valence-corrected chi connectivity index (χ3v) is 2.95. The van der Waals surface area contributed by atoms with Crippen LogP contribution in [0.1, 0.15) is 21.7 Å². The molecule has 0 atom stereocenters. The molecule has 0 saturated carbocycles. The van der Waals surface area contributed by atoms with Gasteiger partial charge in [0.25, 0.3) is 0 Å². The Morgan fingerprint density at radius 3 is 2.65 bits per heavy atom. The molecule has 2 rings (SSSR count). The summed E-state index contributed by atoms with van der Waals surface area (Å²) in [6, 6.07) is 1.37. The van der Waals surface area contributed by atoms with Crippen molar-refractivity contribution in [2.24, 2.45) is 0 Å². The zero-order chi connectivity index (χ0) is 12.6. The second-order valence-corrected chi connectivity index (χ2v) is 3.96. The lowest BCUT2D eigenvalue weighted by molar-refractivity contribution is 0.0697. The number of hydrogen-bond donors (Lipinski definition) is 1. The van der Waals surface area contributed by atoms with Gasteiger partial charge in [0, 0.05) is 11.9 Å². The molecule has 88 valence electrons. The van der Waals surface area contributed by atoms with Gasteiger partial charge in [0.2, 0.25) is 0 Å². The number of aryl methyl sites for hydroxylation is 1. The molecule has 0 saturated heterocycles. The van der Waals surface area contributed by atoms with E-state index in [2.05, 4.69) is 9.97 Å². The standard InChI is InChI=1S/C11H10ClN3O2/c1-6-7(2)15(5-14-6)10-9(12)8(11(16)17)3-4-13-10/h3-5H,1-2H3,(H,16,17). The number of nitrogens with zero attached hydrogens (tertiary/aromatic N) is 3. The maximum Gasteiger partial charge on any atom is 0.337 e. The van der Waals surface area contributed by atoms with E-state index in [0.29, 0.717) is 5.82 Å². The van der Waals surface area contributed by atoms with E-state index in [9.17, 15) is 4.79 Å². The Labute approximate surface area is 103 Å². The van der Waals surface area contributed by atoms with Crippen molar-refractivity contribution in [2.45, 2.75) is 13.8 Å². The van der Waals surface area contributed by atoms with Crippen molar-refractivity contribution in [3.05, 3.63) is 40.6 Å². The maximum absolute atomic E-state index is 11.0. The fourth-order valence-corrected chi connectivity index (χ4v) is 1.76. The average molecular weight is 252 g/mol. The highest BCUT2D eigenvalue weighted by molar-refractivity contribution is 6.35. The van der Waals surface area contributed by atoms with E-state index in [1.807, 2.05) is 13.8 Å². The van der Waals surface area contributed by atoms with Crippen molar-refractivity contribution >= 4 is 17.6 Å². The summed E-state index contributed by atoms with van der Waals surface area (Å²) in [6.45, 7) is 3.73. The molecule has 0 radical (unpaired) electrons. The molecule has 0 spiro atoms. The molecule has 5 nitrogen and oxygen atoms in total. The molecule has 0 aliphatic rings. The summed E-state index contributed by atoms with van der Waals surface area (Å²) in [5, 5.41) is 9.09. The lowest BCUT2D eigenvalue weighted by Gasteiger charge is -2.08. The van der Waals surface area contributed by atoms with Crippen LogP contribution in [0.2, 0.25) is 5.02 Å². The summed E-state index contributed by atoms with van der Waals surface area (Å²) in [5.41, 5.74) is 1.76. The molecule has 0 aliphatic heterocycles. The van der Waals surface area contributed by atoms with Crippen LogP contribution in [0.5, 0.6) is 0 Å². The van der Waals surface area contributed by atoms with E-state index < -0.39 is 5.97 Å². The molecule has 0 unspecified atom stereocenters. The highest BCUT2D eigenvalue weighted by atomic mass is 35.5. The van der Waals surface area contributed by atoms with Gasteiger partial charge in [-0.3, -0.25) is 4.57 Å². The summed E-state index contributed by atoms with van der Waals surface area (Å²) in [6.07, 6.45) is 2.99. The number of rotatable bonds is 2. The molecular formula is C11H10ClN3O2. The minimum Gasteiger partial charge on any atom is -0.478 e. The van der Waals surface area contributed by atoms with Crippen LogP contribution < -0.4 is 0 Å². The van der Waals surface area contributed by atoms with E-state index in [1.165, 1.54) is 12.3 Å². The van der Waals surface area contributed by atoms with Crippen LogP contribution in [0, 0.1) is 13.8 Å². The maximum atomic E-state index is 11.0. The molecule has 17 heavy (non-hydrogen) atoms. The predicted molar refractivity (Wildman–Crippen MR) is 62.8 cm³/mol. The quantitative estimate of drug-likeness (QED) is 0.889. The largest absolute Gasteiger partial charge is 0.478 e. The first-order chi connectivity index (χ1) is 8.02. The lowest BCUT2D eigenvalue weighted by Crippen LogP contribution is -2.05. The number of carbonyl (C=O) groups is 1. The molecule has 6 heteroatoms. The van der Waals surface area contributed by atoms with E-state index in [-0.39, 0.29) is 10.6 Å².